The van der Waals surface area contributed by atoms with Crippen molar-refractivity contribution in [2.24, 2.45) is 5.10 Å². The van der Waals surface area contributed by atoms with E-state index in [1.807, 2.05) is 37.3 Å². The molecule has 0 heterocycles. The Morgan fingerprint density at radius 2 is 1.61 bits per heavy atom. The number of sulfonamides is 1. The Morgan fingerprint density at radius 1 is 0.932 bits per heavy atom. The Bertz CT molecular complexity index is 1720. The molecule has 0 aliphatic heterocycles. The first-order chi connectivity index (χ1) is 21.0. The topological polar surface area (TPSA) is 97.3 Å². The molecule has 1 amide bonds. The Morgan fingerprint density at radius 3 is 2.27 bits per heavy atom. The fourth-order valence-electron chi connectivity index (χ4n) is 3.99. The first kappa shape index (κ1) is 32.4. The summed E-state index contributed by atoms with van der Waals surface area (Å²) in [7, 11) is -4.46. The zero-order valence-electron chi connectivity index (χ0n) is 23.3. The fourth-order valence-corrected chi connectivity index (χ4v) is 5.65. The third-order valence-electron chi connectivity index (χ3n) is 6.07. The summed E-state index contributed by atoms with van der Waals surface area (Å²) in [4.78, 5) is 12.6. The molecule has 0 fully saturated rings. The molecule has 0 aromatic heterocycles. The van der Waals surface area contributed by atoms with Crippen LogP contribution in [0.4, 0.5) is 18.9 Å². The summed E-state index contributed by atoms with van der Waals surface area (Å²) in [6.45, 7) is 1.63. The molecule has 0 spiro atoms. The molecule has 0 unspecified atom stereocenters. The van der Waals surface area contributed by atoms with Crippen LogP contribution in [0.5, 0.6) is 11.5 Å². The minimum Gasteiger partial charge on any atom is -0.490 e. The van der Waals surface area contributed by atoms with Crippen molar-refractivity contribution in [1.82, 2.24) is 5.43 Å². The van der Waals surface area contributed by atoms with E-state index in [2.05, 4.69) is 10.5 Å². The first-order valence-electron chi connectivity index (χ1n) is 13.2. The lowest BCUT2D eigenvalue weighted by Gasteiger charge is -2.24. The van der Waals surface area contributed by atoms with E-state index in [4.69, 9.17) is 21.1 Å². The van der Waals surface area contributed by atoms with Crippen LogP contribution in [-0.2, 0) is 27.6 Å². The molecular formula is C31H27ClF3N3O5S. The van der Waals surface area contributed by atoms with Gasteiger partial charge < -0.3 is 9.47 Å². The molecule has 0 bridgehead atoms. The van der Waals surface area contributed by atoms with Gasteiger partial charge in [0.05, 0.1) is 34.0 Å². The molecule has 4 rings (SSSR count). The van der Waals surface area contributed by atoms with E-state index in [0.717, 1.165) is 17.7 Å². The average molecular weight is 646 g/mol. The maximum absolute atomic E-state index is 13.6. The predicted molar refractivity (Wildman–Crippen MR) is 162 cm³/mol. The highest BCUT2D eigenvalue weighted by Crippen LogP contribution is 2.38. The number of nitrogens with zero attached hydrogens (tertiary/aromatic N) is 2. The zero-order valence-corrected chi connectivity index (χ0v) is 24.9. The molecular weight excluding hydrogens is 619 g/mol. The van der Waals surface area contributed by atoms with Crippen LogP contribution in [0.15, 0.2) is 107 Å². The largest absolute Gasteiger partial charge is 0.490 e. The van der Waals surface area contributed by atoms with Gasteiger partial charge in [0, 0.05) is 0 Å². The van der Waals surface area contributed by atoms with E-state index in [1.54, 1.807) is 24.3 Å². The van der Waals surface area contributed by atoms with E-state index in [0.29, 0.717) is 40.6 Å². The van der Waals surface area contributed by atoms with E-state index < -0.39 is 44.9 Å². The van der Waals surface area contributed by atoms with Crippen LogP contribution < -0.4 is 19.2 Å². The third kappa shape index (κ3) is 8.29. The van der Waals surface area contributed by atoms with Gasteiger partial charge in [-0.2, -0.15) is 18.3 Å². The molecule has 0 saturated carbocycles. The van der Waals surface area contributed by atoms with Crippen molar-refractivity contribution in [3.63, 3.8) is 0 Å². The minimum absolute atomic E-state index is 0.224. The second-order valence-electron chi connectivity index (χ2n) is 9.19. The molecule has 13 heteroatoms. The number of hydrazone groups is 1. The van der Waals surface area contributed by atoms with Crippen molar-refractivity contribution in [3.05, 3.63) is 119 Å². The van der Waals surface area contributed by atoms with Gasteiger partial charge in [0.2, 0.25) is 0 Å². The lowest BCUT2D eigenvalue weighted by Crippen LogP contribution is -2.39. The summed E-state index contributed by atoms with van der Waals surface area (Å²) in [6, 6.07) is 24.2. The van der Waals surface area contributed by atoms with Gasteiger partial charge in [-0.1, -0.05) is 60.1 Å². The highest BCUT2D eigenvalue weighted by atomic mass is 35.5. The van der Waals surface area contributed by atoms with Gasteiger partial charge in [-0.25, -0.2) is 13.8 Å². The Labute approximate surface area is 257 Å². The lowest BCUT2D eigenvalue weighted by molar-refractivity contribution is -0.137. The van der Waals surface area contributed by atoms with E-state index >= 15 is 0 Å². The van der Waals surface area contributed by atoms with Crippen LogP contribution in [0.3, 0.4) is 0 Å². The highest BCUT2D eigenvalue weighted by molar-refractivity contribution is 7.92. The number of benzene rings is 4. The number of carbonyl (C=O) groups is 1. The van der Waals surface area contributed by atoms with Crippen LogP contribution in [0, 0.1) is 0 Å². The molecule has 0 aliphatic carbocycles. The van der Waals surface area contributed by atoms with Crippen molar-refractivity contribution in [3.8, 4) is 11.5 Å². The van der Waals surface area contributed by atoms with Crippen molar-refractivity contribution in [2.75, 3.05) is 17.5 Å². The third-order valence-corrected chi connectivity index (χ3v) is 8.19. The van der Waals surface area contributed by atoms with E-state index in [9.17, 15) is 26.4 Å². The molecule has 44 heavy (non-hydrogen) atoms. The second kappa shape index (κ2) is 14.3. The number of halogens is 4. The molecule has 230 valence electrons. The zero-order chi connectivity index (χ0) is 31.7. The number of carbonyl (C=O) groups excluding carboxylic acids is 1. The minimum atomic E-state index is -4.86. The summed E-state index contributed by atoms with van der Waals surface area (Å²) in [5.74, 6) is 0.0407. The highest BCUT2D eigenvalue weighted by Gasteiger charge is 2.35. The standard InChI is InChI=1S/C31H27ClF3N3O5S/c1-2-42-29-17-23(13-16-28(29)43-21-22-9-5-3-6-10-22)19-36-37-30(39)20-38(44(40,41)25-11-7-4-8-12-25)24-14-15-27(32)26(18-24)31(33,34)35/h3-19H,2,20-21H2,1H3,(H,37,39)/b36-19-. The van der Waals surface area contributed by atoms with Crippen LogP contribution >= 0.6 is 11.6 Å². The Balaban J connectivity index is 1.53. The number of alkyl halides is 3. The second-order valence-corrected chi connectivity index (χ2v) is 11.5. The van der Waals surface area contributed by atoms with Crippen LogP contribution in [-0.4, -0.2) is 33.7 Å². The number of nitrogens with one attached hydrogen (secondary N) is 1. The van der Waals surface area contributed by atoms with E-state index in [-0.39, 0.29) is 4.90 Å². The maximum atomic E-state index is 13.6. The quantitative estimate of drug-likeness (QED) is 0.137. The molecule has 4 aromatic carbocycles. The van der Waals surface area contributed by atoms with Crippen LogP contribution in [0.1, 0.15) is 23.6 Å². The molecule has 0 saturated heterocycles. The Kier molecular flexibility index (Phi) is 10.5. The average Bonchev–Trinajstić information content (AvgIpc) is 3.00. The normalized spacial score (nSPS) is 11.8. The Hall–Kier alpha value is -4.55. The predicted octanol–water partition coefficient (Wildman–Crippen LogP) is 6.68. The summed E-state index contributed by atoms with van der Waals surface area (Å²) in [5, 5.41) is 3.28. The summed E-state index contributed by atoms with van der Waals surface area (Å²) >= 11 is 5.73. The number of hydrogen-bond acceptors (Lipinski definition) is 6. The van der Waals surface area contributed by atoms with Crippen molar-refractivity contribution < 1.29 is 35.9 Å². The molecule has 8 nitrogen and oxygen atoms in total. The smallest absolute Gasteiger partial charge is 0.417 e. The number of rotatable bonds is 12. The van der Waals surface area contributed by atoms with Gasteiger partial charge in [0.15, 0.2) is 11.5 Å². The lowest BCUT2D eigenvalue weighted by atomic mass is 10.2. The fraction of sp³-hybridized carbons (Fsp3) is 0.161. The van der Waals surface area contributed by atoms with Gasteiger partial charge in [-0.15, -0.1) is 0 Å². The number of amides is 1. The number of ether oxygens (including phenoxy) is 2. The van der Waals surface area contributed by atoms with Crippen LogP contribution in [0.25, 0.3) is 0 Å². The van der Waals surface area contributed by atoms with Gasteiger partial charge in [0.25, 0.3) is 15.9 Å². The molecule has 0 radical (unpaired) electrons. The summed E-state index contributed by atoms with van der Waals surface area (Å²) in [6.07, 6.45) is -3.55. The van der Waals surface area contributed by atoms with E-state index in [1.165, 1.54) is 30.5 Å². The van der Waals surface area contributed by atoms with Crippen molar-refractivity contribution in [1.29, 1.82) is 0 Å². The first-order valence-corrected chi connectivity index (χ1v) is 15.0. The number of anilines is 1. The SMILES string of the molecule is CCOc1cc(/C=N\NC(=O)CN(c2ccc(Cl)c(C(F)(F)F)c2)S(=O)(=O)c2ccccc2)ccc1OCc1ccccc1. The molecule has 0 aliphatic rings. The summed E-state index contributed by atoms with van der Waals surface area (Å²) in [5.41, 5.74) is 2.08. The monoisotopic (exact) mass is 645 g/mol. The van der Waals surface area contributed by atoms with Crippen molar-refractivity contribution >= 4 is 39.4 Å². The van der Waals surface area contributed by atoms with Gasteiger partial charge in [0.1, 0.15) is 13.2 Å². The molecule has 0 atom stereocenters. The van der Waals surface area contributed by atoms with Gasteiger partial charge in [-0.05, 0) is 66.6 Å². The maximum Gasteiger partial charge on any atom is 0.417 e. The van der Waals surface area contributed by atoms with Crippen LogP contribution in [0.2, 0.25) is 5.02 Å². The molecule has 1 N–H and O–H groups in total. The van der Waals surface area contributed by atoms with Crippen molar-refractivity contribution in [2.45, 2.75) is 24.6 Å². The van der Waals surface area contributed by atoms with Gasteiger partial charge >= 0.3 is 6.18 Å². The summed E-state index contributed by atoms with van der Waals surface area (Å²) < 4.78 is 79.7. The van der Waals surface area contributed by atoms with Gasteiger partial charge in [-0.3, -0.25) is 9.10 Å². The molecule has 4 aromatic rings. The number of hydrogen-bond donors (Lipinski definition) is 1.